The first-order valence-electron chi connectivity index (χ1n) is 11.0. The van der Waals surface area contributed by atoms with E-state index >= 15 is 0 Å². The number of carbonyl (C=O) groups is 1. The Labute approximate surface area is 176 Å². The van der Waals surface area contributed by atoms with E-state index in [2.05, 4.69) is 27.7 Å². The van der Waals surface area contributed by atoms with Crippen molar-refractivity contribution in [1.29, 1.82) is 0 Å². The summed E-state index contributed by atoms with van der Waals surface area (Å²) < 4.78 is 12.4. The van der Waals surface area contributed by atoms with Crippen LogP contribution in [0.2, 0.25) is 0 Å². The molecule has 2 aromatic carbocycles. The van der Waals surface area contributed by atoms with Crippen molar-refractivity contribution in [1.82, 2.24) is 0 Å². The van der Waals surface area contributed by atoms with Crippen LogP contribution >= 0.6 is 0 Å². The number of hydrogen-bond donors (Lipinski definition) is 0. The zero-order valence-electron chi connectivity index (χ0n) is 18.4. The fourth-order valence-electron chi connectivity index (χ4n) is 3.56. The second-order valence-corrected chi connectivity index (χ2v) is 7.69. The lowest BCUT2D eigenvalue weighted by Gasteiger charge is -2.34. The lowest BCUT2D eigenvalue weighted by Crippen LogP contribution is -2.43. The largest absolute Gasteiger partial charge is 0.463 e. The first-order chi connectivity index (χ1) is 14.1. The van der Waals surface area contributed by atoms with Crippen LogP contribution in [0.1, 0.15) is 64.5 Å². The zero-order chi connectivity index (χ0) is 21.1. The molecule has 0 saturated carbocycles. The van der Waals surface area contributed by atoms with Gasteiger partial charge >= 0.3 is 5.97 Å². The molecule has 158 valence electrons. The van der Waals surface area contributed by atoms with Crippen LogP contribution < -0.4 is 0 Å². The molecule has 0 radical (unpaired) electrons. The molecule has 2 rings (SSSR count). The quantitative estimate of drug-likeness (QED) is 0.391. The maximum Gasteiger partial charge on any atom is 0.347 e. The highest BCUT2D eigenvalue weighted by atomic mass is 16.6. The standard InChI is InChI=1S/C26H36O3/c1-5-21(6-2)19-28-25(27)26(23-15-11-9-12-16-23,24-17-13-10-14-18-24)29-20-22(7-3)8-4/h9-18,21-22H,5-8,19-20H2,1-4H3. The number of rotatable bonds is 12. The summed E-state index contributed by atoms with van der Waals surface area (Å²) in [5.41, 5.74) is 0.371. The summed E-state index contributed by atoms with van der Waals surface area (Å²) in [6, 6.07) is 19.5. The van der Waals surface area contributed by atoms with E-state index in [0.717, 1.165) is 36.8 Å². The fraction of sp³-hybridized carbons (Fsp3) is 0.500. The van der Waals surface area contributed by atoms with Gasteiger partial charge < -0.3 is 9.47 Å². The first-order valence-corrected chi connectivity index (χ1v) is 11.0. The second kappa shape index (κ2) is 11.8. The van der Waals surface area contributed by atoms with E-state index in [1.165, 1.54) is 0 Å². The van der Waals surface area contributed by atoms with Gasteiger partial charge in [-0.05, 0) is 23.0 Å². The minimum atomic E-state index is -1.25. The summed E-state index contributed by atoms with van der Waals surface area (Å²) in [6.45, 7) is 9.52. The van der Waals surface area contributed by atoms with Crippen LogP contribution in [0.4, 0.5) is 0 Å². The summed E-state index contributed by atoms with van der Waals surface area (Å²) >= 11 is 0. The number of esters is 1. The molecule has 0 bridgehead atoms. The number of ether oxygens (including phenoxy) is 2. The minimum Gasteiger partial charge on any atom is -0.463 e. The van der Waals surface area contributed by atoms with Crippen LogP contribution in [0.5, 0.6) is 0 Å². The van der Waals surface area contributed by atoms with Gasteiger partial charge in [0.05, 0.1) is 13.2 Å². The second-order valence-electron chi connectivity index (χ2n) is 7.69. The van der Waals surface area contributed by atoms with Gasteiger partial charge in [0.15, 0.2) is 0 Å². The summed E-state index contributed by atoms with van der Waals surface area (Å²) in [5.74, 6) is 0.434. The summed E-state index contributed by atoms with van der Waals surface area (Å²) in [6.07, 6.45) is 4.00. The van der Waals surface area contributed by atoms with Crippen LogP contribution in [-0.2, 0) is 19.9 Å². The van der Waals surface area contributed by atoms with Gasteiger partial charge in [-0.1, -0.05) is 114 Å². The van der Waals surface area contributed by atoms with Crippen molar-refractivity contribution in [3.63, 3.8) is 0 Å². The van der Waals surface area contributed by atoms with Crippen LogP contribution in [-0.4, -0.2) is 19.2 Å². The predicted molar refractivity (Wildman–Crippen MR) is 119 cm³/mol. The van der Waals surface area contributed by atoms with E-state index in [0.29, 0.717) is 25.0 Å². The van der Waals surface area contributed by atoms with E-state index in [1.807, 2.05) is 60.7 Å². The van der Waals surface area contributed by atoms with Gasteiger partial charge in [-0.2, -0.15) is 0 Å². The van der Waals surface area contributed by atoms with E-state index in [4.69, 9.17) is 9.47 Å². The van der Waals surface area contributed by atoms with Crippen molar-refractivity contribution in [2.75, 3.05) is 13.2 Å². The molecule has 0 aliphatic carbocycles. The molecule has 0 spiro atoms. The van der Waals surface area contributed by atoms with Crippen LogP contribution in [0.3, 0.4) is 0 Å². The Morgan fingerprint density at radius 3 is 1.55 bits per heavy atom. The molecule has 29 heavy (non-hydrogen) atoms. The minimum absolute atomic E-state index is 0.326. The van der Waals surface area contributed by atoms with Crippen molar-refractivity contribution in [2.45, 2.75) is 59.0 Å². The molecule has 0 aromatic heterocycles. The third-order valence-corrected chi connectivity index (χ3v) is 5.94. The van der Waals surface area contributed by atoms with Gasteiger partial charge in [-0.25, -0.2) is 4.79 Å². The maximum absolute atomic E-state index is 13.6. The molecule has 0 unspecified atom stereocenters. The Morgan fingerprint density at radius 1 is 0.724 bits per heavy atom. The zero-order valence-corrected chi connectivity index (χ0v) is 18.4. The SMILES string of the molecule is CCC(CC)COC(=O)C(OCC(CC)CC)(c1ccccc1)c1ccccc1. The molecule has 0 saturated heterocycles. The van der Waals surface area contributed by atoms with Crippen molar-refractivity contribution >= 4 is 5.97 Å². The summed E-state index contributed by atoms with van der Waals surface area (Å²) in [4.78, 5) is 13.6. The molecule has 0 N–H and O–H groups in total. The van der Waals surface area contributed by atoms with Crippen LogP contribution in [0, 0.1) is 11.8 Å². The molecule has 0 aliphatic rings. The molecule has 0 amide bonds. The normalized spacial score (nSPS) is 11.8. The molecule has 0 heterocycles. The van der Waals surface area contributed by atoms with E-state index < -0.39 is 5.60 Å². The summed E-state index contributed by atoms with van der Waals surface area (Å²) in [5, 5.41) is 0. The van der Waals surface area contributed by atoms with Crippen LogP contribution in [0.15, 0.2) is 60.7 Å². The van der Waals surface area contributed by atoms with Crippen molar-refractivity contribution < 1.29 is 14.3 Å². The average Bonchev–Trinajstić information content (AvgIpc) is 2.79. The maximum atomic E-state index is 13.6. The Kier molecular flexibility index (Phi) is 9.40. The van der Waals surface area contributed by atoms with Gasteiger partial charge in [0, 0.05) is 0 Å². The van der Waals surface area contributed by atoms with Crippen molar-refractivity contribution in [3.05, 3.63) is 71.8 Å². The van der Waals surface area contributed by atoms with Gasteiger partial charge in [0.2, 0.25) is 5.60 Å². The van der Waals surface area contributed by atoms with Crippen molar-refractivity contribution in [2.24, 2.45) is 11.8 Å². The Hall–Kier alpha value is -2.13. The fourth-order valence-corrected chi connectivity index (χ4v) is 3.56. The van der Waals surface area contributed by atoms with E-state index in [-0.39, 0.29) is 5.97 Å². The Morgan fingerprint density at radius 2 is 1.14 bits per heavy atom. The number of hydrogen-bond acceptors (Lipinski definition) is 3. The number of benzene rings is 2. The number of carbonyl (C=O) groups excluding carboxylic acids is 1. The molecule has 0 atom stereocenters. The molecule has 0 aliphatic heterocycles. The first kappa shape index (κ1) is 23.2. The smallest absolute Gasteiger partial charge is 0.347 e. The predicted octanol–water partition coefficient (Wildman–Crippen LogP) is 6.36. The highest BCUT2D eigenvalue weighted by Gasteiger charge is 2.45. The third-order valence-electron chi connectivity index (χ3n) is 5.94. The molecule has 2 aromatic rings. The highest BCUT2D eigenvalue weighted by molar-refractivity contribution is 5.85. The molecular weight excluding hydrogens is 360 g/mol. The van der Waals surface area contributed by atoms with Gasteiger partial charge in [-0.15, -0.1) is 0 Å². The topological polar surface area (TPSA) is 35.5 Å². The van der Waals surface area contributed by atoms with Gasteiger partial charge in [0.25, 0.3) is 0 Å². The van der Waals surface area contributed by atoms with Gasteiger partial charge in [-0.3, -0.25) is 0 Å². The Balaban J connectivity index is 2.49. The molecule has 3 heteroatoms. The molecule has 0 fully saturated rings. The lowest BCUT2D eigenvalue weighted by atomic mass is 9.85. The van der Waals surface area contributed by atoms with E-state index in [1.54, 1.807) is 0 Å². The third kappa shape index (κ3) is 5.70. The van der Waals surface area contributed by atoms with Crippen molar-refractivity contribution in [3.8, 4) is 0 Å². The molecular formula is C26H36O3. The van der Waals surface area contributed by atoms with Crippen LogP contribution in [0.25, 0.3) is 0 Å². The molecule has 3 nitrogen and oxygen atoms in total. The van der Waals surface area contributed by atoms with E-state index in [9.17, 15) is 4.79 Å². The monoisotopic (exact) mass is 396 g/mol. The highest BCUT2D eigenvalue weighted by Crippen LogP contribution is 2.36. The van der Waals surface area contributed by atoms with Gasteiger partial charge in [0.1, 0.15) is 0 Å². The lowest BCUT2D eigenvalue weighted by molar-refractivity contribution is -0.172. The average molecular weight is 397 g/mol. The Bertz CT molecular complexity index is 664. The summed E-state index contributed by atoms with van der Waals surface area (Å²) in [7, 11) is 0.